The first-order valence-electron chi connectivity index (χ1n) is 8.49. The van der Waals surface area contributed by atoms with E-state index in [2.05, 4.69) is 4.72 Å². The van der Waals surface area contributed by atoms with E-state index in [0.29, 0.717) is 12.1 Å². The van der Waals surface area contributed by atoms with Crippen molar-refractivity contribution in [2.75, 3.05) is 4.72 Å². The average Bonchev–Trinajstić information content (AvgIpc) is 3.22. The van der Waals surface area contributed by atoms with Crippen LogP contribution < -0.4 is 4.72 Å². The Bertz CT molecular complexity index is 1190. The summed E-state index contributed by atoms with van der Waals surface area (Å²) >= 11 is 0.977. The Morgan fingerprint density at radius 2 is 1.47 bits per heavy atom. The molecule has 2 N–H and O–H groups in total. The van der Waals surface area contributed by atoms with Crippen LogP contribution in [0.4, 0.5) is 36.4 Å². The summed E-state index contributed by atoms with van der Waals surface area (Å²) in [5.74, 6) is -1.44. The monoisotopic (exact) mass is 499 g/mol. The molecule has 0 unspecified atom stereocenters. The number of halogens is 7. The molecule has 0 spiro atoms. The fourth-order valence-corrected chi connectivity index (χ4v) is 4.85. The number of aliphatic hydroxyl groups is 1. The lowest BCUT2D eigenvalue weighted by molar-refractivity contribution is -0.376. The average molecular weight is 499 g/mol. The van der Waals surface area contributed by atoms with Gasteiger partial charge in [-0.3, -0.25) is 4.72 Å². The molecule has 0 saturated carbocycles. The minimum absolute atomic E-state index is 0.0380. The molecule has 0 saturated heterocycles. The van der Waals surface area contributed by atoms with Crippen molar-refractivity contribution in [2.45, 2.75) is 22.2 Å². The highest BCUT2D eigenvalue weighted by molar-refractivity contribution is 7.94. The van der Waals surface area contributed by atoms with E-state index in [9.17, 15) is 44.3 Å². The molecule has 0 aliphatic rings. The Balaban J connectivity index is 1.92. The molecule has 3 rings (SSSR count). The third-order valence-electron chi connectivity index (χ3n) is 4.42. The second-order valence-electron chi connectivity index (χ2n) is 6.52. The summed E-state index contributed by atoms with van der Waals surface area (Å²) in [6.07, 6.45) is -12.3. The van der Waals surface area contributed by atoms with Crippen LogP contribution in [-0.4, -0.2) is 25.9 Å². The number of benzene rings is 2. The summed E-state index contributed by atoms with van der Waals surface area (Å²) in [6.45, 7) is 0. The number of hydrogen-bond acceptors (Lipinski definition) is 4. The Morgan fingerprint density at radius 1 is 0.875 bits per heavy atom. The molecule has 172 valence electrons. The van der Waals surface area contributed by atoms with Crippen LogP contribution in [0.15, 0.2) is 64.2 Å². The summed E-state index contributed by atoms with van der Waals surface area (Å²) in [4.78, 5) is 0. The first-order chi connectivity index (χ1) is 14.7. The van der Waals surface area contributed by atoms with Gasteiger partial charge in [-0.2, -0.15) is 26.3 Å². The summed E-state index contributed by atoms with van der Waals surface area (Å²) in [5, 5.41) is 10.9. The predicted octanol–water partition coefficient (Wildman–Crippen LogP) is 5.67. The van der Waals surface area contributed by atoms with E-state index in [4.69, 9.17) is 0 Å². The van der Waals surface area contributed by atoms with Crippen molar-refractivity contribution in [3.63, 3.8) is 0 Å². The van der Waals surface area contributed by atoms with Crippen molar-refractivity contribution >= 4 is 27.0 Å². The van der Waals surface area contributed by atoms with Crippen molar-refractivity contribution in [3.8, 4) is 11.1 Å². The highest BCUT2D eigenvalue weighted by atomic mass is 32.2. The van der Waals surface area contributed by atoms with Gasteiger partial charge in [0.05, 0.1) is 0 Å². The van der Waals surface area contributed by atoms with Crippen LogP contribution in [0, 0.1) is 5.82 Å². The van der Waals surface area contributed by atoms with Gasteiger partial charge in [0, 0.05) is 16.8 Å². The quantitative estimate of drug-likeness (QED) is 0.445. The van der Waals surface area contributed by atoms with Gasteiger partial charge in [0.25, 0.3) is 15.6 Å². The van der Waals surface area contributed by atoms with Crippen molar-refractivity contribution in [1.29, 1.82) is 0 Å². The second kappa shape index (κ2) is 8.05. The summed E-state index contributed by atoms with van der Waals surface area (Å²) in [5.41, 5.74) is -7.17. The summed E-state index contributed by atoms with van der Waals surface area (Å²) in [7, 11) is -3.85. The predicted molar refractivity (Wildman–Crippen MR) is 103 cm³/mol. The minimum atomic E-state index is -6.14. The standard InChI is InChI=1S/C19H12F7NO3S2/c20-15-10-12(17(28,18(21,22)23)19(24,25)26)5-8-14(15)11-3-6-13(7-4-11)27-32(29,30)16-2-1-9-31-16/h1-10,27-28H. The van der Waals surface area contributed by atoms with Crippen LogP contribution in [0.3, 0.4) is 0 Å². The molecule has 0 aliphatic heterocycles. The maximum Gasteiger partial charge on any atom is 0.430 e. The van der Waals surface area contributed by atoms with Gasteiger partial charge in [0.2, 0.25) is 0 Å². The van der Waals surface area contributed by atoms with E-state index in [1.54, 1.807) is 5.38 Å². The molecule has 0 fully saturated rings. The van der Waals surface area contributed by atoms with E-state index in [0.717, 1.165) is 11.3 Å². The maximum atomic E-state index is 14.4. The topological polar surface area (TPSA) is 66.4 Å². The lowest BCUT2D eigenvalue weighted by atomic mass is 9.90. The molecular formula is C19H12F7NO3S2. The third-order valence-corrected chi connectivity index (χ3v) is 7.19. The molecule has 0 radical (unpaired) electrons. The van der Waals surface area contributed by atoms with Crippen molar-refractivity contribution < 1.29 is 44.3 Å². The molecular weight excluding hydrogens is 487 g/mol. The molecule has 4 nitrogen and oxygen atoms in total. The van der Waals surface area contributed by atoms with Gasteiger partial charge in [-0.15, -0.1) is 11.3 Å². The molecule has 1 aromatic heterocycles. The fraction of sp³-hybridized carbons (Fsp3) is 0.158. The third kappa shape index (κ3) is 4.32. The highest BCUT2D eigenvalue weighted by Crippen LogP contribution is 2.50. The Morgan fingerprint density at radius 3 is 1.94 bits per heavy atom. The summed E-state index contributed by atoms with van der Waals surface area (Å²) in [6, 6.07) is 8.81. The number of thiophene rings is 1. The molecule has 1 heterocycles. The van der Waals surface area contributed by atoms with Gasteiger partial charge >= 0.3 is 12.4 Å². The normalized spacial score (nSPS) is 13.2. The highest BCUT2D eigenvalue weighted by Gasteiger charge is 2.71. The minimum Gasteiger partial charge on any atom is -0.369 e. The zero-order valence-electron chi connectivity index (χ0n) is 15.5. The lowest BCUT2D eigenvalue weighted by Gasteiger charge is -2.32. The van der Waals surface area contributed by atoms with Gasteiger partial charge in [0.1, 0.15) is 10.0 Å². The van der Waals surface area contributed by atoms with Crippen LogP contribution in [0.2, 0.25) is 0 Å². The van der Waals surface area contributed by atoms with Crippen molar-refractivity contribution in [2.24, 2.45) is 0 Å². The Kier molecular flexibility index (Phi) is 6.04. The molecule has 0 amide bonds. The van der Waals surface area contributed by atoms with E-state index in [-0.39, 0.29) is 27.1 Å². The number of sulfonamides is 1. The van der Waals surface area contributed by atoms with Gasteiger partial charge in [-0.25, -0.2) is 12.8 Å². The SMILES string of the molecule is O=S(=O)(Nc1ccc(-c2ccc(C(O)(C(F)(F)F)C(F)(F)F)cc2F)cc1)c1cccs1. The largest absolute Gasteiger partial charge is 0.430 e. The van der Waals surface area contributed by atoms with Crippen LogP contribution in [-0.2, 0) is 15.6 Å². The fourth-order valence-electron chi connectivity index (χ4n) is 2.80. The van der Waals surface area contributed by atoms with E-state index < -0.39 is 39.4 Å². The number of nitrogens with one attached hydrogen (secondary N) is 1. The summed E-state index contributed by atoms with van der Waals surface area (Å²) < 4.78 is 119. The molecule has 0 bridgehead atoms. The number of alkyl halides is 6. The molecule has 0 atom stereocenters. The first-order valence-corrected chi connectivity index (χ1v) is 10.9. The van der Waals surface area contributed by atoms with Gasteiger partial charge in [-0.05, 0) is 35.2 Å². The molecule has 3 aromatic rings. The lowest BCUT2D eigenvalue weighted by Crippen LogP contribution is -2.53. The Hall–Kier alpha value is -2.64. The molecule has 2 aromatic carbocycles. The molecule has 13 heteroatoms. The van der Waals surface area contributed by atoms with Gasteiger partial charge in [-0.1, -0.05) is 30.3 Å². The van der Waals surface area contributed by atoms with Crippen LogP contribution in [0.1, 0.15) is 5.56 Å². The molecule has 0 aliphatic carbocycles. The van der Waals surface area contributed by atoms with E-state index >= 15 is 0 Å². The van der Waals surface area contributed by atoms with Gasteiger partial charge < -0.3 is 5.11 Å². The van der Waals surface area contributed by atoms with Gasteiger partial charge in [0.15, 0.2) is 0 Å². The smallest absolute Gasteiger partial charge is 0.369 e. The zero-order chi connectivity index (χ0) is 23.9. The Labute approximate surface area is 181 Å². The number of hydrogen-bond donors (Lipinski definition) is 2. The van der Waals surface area contributed by atoms with E-state index in [1.807, 2.05) is 0 Å². The van der Waals surface area contributed by atoms with Crippen molar-refractivity contribution in [3.05, 3.63) is 71.4 Å². The number of rotatable bonds is 5. The maximum absolute atomic E-state index is 14.4. The second-order valence-corrected chi connectivity index (χ2v) is 9.37. The van der Waals surface area contributed by atoms with Crippen LogP contribution in [0.5, 0.6) is 0 Å². The van der Waals surface area contributed by atoms with E-state index in [1.165, 1.54) is 36.4 Å². The van der Waals surface area contributed by atoms with Crippen LogP contribution >= 0.6 is 11.3 Å². The molecule has 32 heavy (non-hydrogen) atoms. The van der Waals surface area contributed by atoms with Crippen LogP contribution in [0.25, 0.3) is 11.1 Å². The first kappa shape index (κ1) is 24.0. The van der Waals surface area contributed by atoms with Crippen molar-refractivity contribution in [1.82, 2.24) is 0 Å². The number of anilines is 1. The zero-order valence-corrected chi connectivity index (χ0v) is 17.1.